The lowest BCUT2D eigenvalue weighted by atomic mass is 10.1. The zero-order valence-electron chi connectivity index (χ0n) is 12.6. The van der Waals surface area contributed by atoms with Crippen LogP contribution >= 0.6 is 0 Å². The van der Waals surface area contributed by atoms with Crippen molar-refractivity contribution in [1.29, 1.82) is 0 Å². The van der Waals surface area contributed by atoms with E-state index in [1.165, 1.54) is 60.7 Å². The van der Waals surface area contributed by atoms with E-state index in [0.717, 1.165) is 0 Å². The predicted octanol–water partition coefficient (Wildman–Crippen LogP) is 4.69. The van der Waals surface area contributed by atoms with E-state index < -0.39 is 18.1 Å². The van der Waals surface area contributed by atoms with E-state index in [2.05, 4.69) is 4.74 Å². The topological polar surface area (TPSA) is 63.6 Å². The lowest BCUT2D eigenvalue weighted by Crippen LogP contribution is -1.98. The average Bonchev–Trinajstić information content (AvgIpc) is 2.60. The van der Waals surface area contributed by atoms with E-state index >= 15 is 0 Å². The molecule has 0 saturated carbocycles. The molecule has 7 heteroatoms. The number of hydrogen-bond donors (Lipinski definition) is 1. The van der Waals surface area contributed by atoms with Crippen LogP contribution in [0.3, 0.4) is 0 Å². The Kier molecular flexibility index (Phi) is 5.73. The van der Waals surface area contributed by atoms with Crippen LogP contribution in [0.1, 0.15) is 26.3 Å². The maximum atomic E-state index is 12.6. The Morgan fingerprint density at radius 2 is 1.44 bits per heavy atom. The second-order valence-corrected chi connectivity index (χ2v) is 4.79. The Labute approximate surface area is 140 Å². The van der Waals surface area contributed by atoms with Crippen molar-refractivity contribution in [2.24, 2.45) is 0 Å². The smallest absolute Gasteiger partial charge is 0.344 e. The van der Waals surface area contributed by atoms with Crippen molar-refractivity contribution in [3.05, 3.63) is 83.4 Å². The summed E-state index contributed by atoms with van der Waals surface area (Å²) in [7, 11) is 0. The van der Waals surface area contributed by atoms with E-state index in [4.69, 9.17) is 5.11 Å². The molecule has 0 amide bonds. The molecular weight excluding hydrogens is 337 g/mol. The summed E-state index contributed by atoms with van der Waals surface area (Å²) in [6, 6.07) is 8.92. The number of allylic oxidation sites excluding steroid dienone is 1. The standard InChI is InChI=1S/C18H11F3O4/c19-16(20)17(21)25-14-8-1-11(2-9-14)3-10-15(22)12-4-6-13(7-5-12)18(23)24/h1-10H,(H,23,24). The number of benzene rings is 2. The van der Waals surface area contributed by atoms with E-state index in [1.54, 1.807) is 0 Å². The van der Waals surface area contributed by atoms with E-state index in [1.807, 2.05) is 0 Å². The monoisotopic (exact) mass is 348 g/mol. The molecule has 0 aliphatic carbocycles. The highest BCUT2D eigenvalue weighted by Crippen LogP contribution is 2.19. The van der Waals surface area contributed by atoms with Gasteiger partial charge in [-0.25, -0.2) is 4.79 Å². The number of hydrogen-bond acceptors (Lipinski definition) is 3. The van der Waals surface area contributed by atoms with Crippen molar-refractivity contribution >= 4 is 17.8 Å². The third-order valence-corrected chi connectivity index (χ3v) is 3.08. The molecule has 0 aliphatic heterocycles. The first-order valence-corrected chi connectivity index (χ1v) is 6.91. The summed E-state index contributed by atoms with van der Waals surface area (Å²) >= 11 is 0. The third kappa shape index (κ3) is 5.07. The molecule has 0 atom stereocenters. The zero-order valence-corrected chi connectivity index (χ0v) is 12.6. The molecule has 0 spiro atoms. The van der Waals surface area contributed by atoms with Crippen LogP contribution in [-0.4, -0.2) is 16.9 Å². The normalized spacial score (nSPS) is 10.5. The molecule has 0 aliphatic rings. The number of carboxylic acid groups (broad SMARTS) is 1. The van der Waals surface area contributed by atoms with Gasteiger partial charge in [-0.2, -0.15) is 13.2 Å². The summed E-state index contributed by atoms with van der Waals surface area (Å²) in [6.07, 6.45) is 0.190. The van der Waals surface area contributed by atoms with Gasteiger partial charge in [-0.05, 0) is 35.9 Å². The number of halogens is 3. The van der Waals surface area contributed by atoms with Crippen molar-refractivity contribution < 1.29 is 32.6 Å². The van der Waals surface area contributed by atoms with Crippen molar-refractivity contribution in [2.45, 2.75) is 0 Å². The van der Waals surface area contributed by atoms with Crippen molar-refractivity contribution in [3.63, 3.8) is 0 Å². The first-order chi connectivity index (χ1) is 11.9. The Balaban J connectivity index is 2.04. The minimum atomic E-state index is -2.55. The molecule has 128 valence electrons. The summed E-state index contributed by atoms with van der Waals surface area (Å²) in [5.41, 5.74) is 0.946. The largest absolute Gasteiger partial charge is 0.478 e. The Morgan fingerprint density at radius 1 is 0.880 bits per heavy atom. The first kappa shape index (κ1) is 18.0. The summed E-state index contributed by atoms with van der Waals surface area (Å²) in [4.78, 5) is 22.7. The summed E-state index contributed by atoms with van der Waals surface area (Å²) < 4.78 is 40.8. The highest BCUT2D eigenvalue weighted by molar-refractivity contribution is 6.07. The molecule has 0 heterocycles. The third-order valence-electron chi connectivity index (χ3n) is 3.08. The van der Waals surface area contributed by atoms with Gasteiger partial charge in [0.15, 0.2) is 5.78 Å². The molecular formula is C18H11F3O4. The van der Waals surface area contributed by atoms with Gasteiger partial charge < -0.3 is 9.84 Å². The van der Waals surface area contributed by atoms with Crippen LogP contribution in [0, 0.1) is 0 Å². The van der Waals surface area contributed by atoms with Crippen LogP contribution in [0.2, 0.25) is 0 Å². The number of rotatable bonds is 6. The maximum absolute atomic E-state index is 12.6. The second kappa shape index (κ2) is 7.96. The second-order valence-electron chi connectivity index (χ2n) is 4.79. The van der Waals surface area contributed by atoms with Gasteiger partial charge in [-0.3, -0.25) is 4.79 Å². The molecule has 0 saturated heterocycles. The van der Waals surface area contributed by atoms with Gasteiger partial charge in [-0.1, -0.05) is 30.3 Å². The highest BCUT2D eigenvalue weighted by Gasteiger charge is 2.08. The maximum Gasteiger partial charge on any atom is 0.344 e. The Hall–Kier alpha value is -3.35. The number of carbonyl (C=O) groups excluding carboxylic acids is 1. The van der Waals surface area contributed by atoms with Crippen LogP contribution in [0.15, 0.2) is 66.7 Å². The molecule has 2 aromatic carbocycles. The summed E-state index contributed by atoms with van der Waals surface area (Å²) in [5.74, 6) is -1.54. The molecule has 0 unspecified atom stereocenters. The van der Waals surface area contributed by atoms with Gasteiger partial charge in [0.25, 0.3) is 0 Å². The summed E-state index contributed by atoms with van der Waals surface area (Å²) in [5, 5.41) is 8.80. The Morgan fingerprint density at radius 3 is 1.96 bits per heavy atom. The highest BCUT2D eigenvalue weighted by atomic mass is 19.3. The average molecular weight is 348 g/mol. The van der Waals surface area contributed by atoms with Crippen LogP contribution in [-0.2, 0) is 0 Å². The zero-order chi connectivity index (χ0) is 18.4. The molecule has 4 nitrogen and oxygen atoms in total. The van der Waals surface area contributed by atoms with Gasteiger partial charge in [0.2, 0.25) is 0 Å². The number of ketones is 1. The molecule has 2 aromatic rings. The number of ether oxygens (including phenoxy) is 1. The molecule has 0 aromatic heterocycles. The fourth-order valence-corrected chi connectivity index (χ4v) is 1.83. The minimum absolute atomic E-state index is 0.0714. The van der Waals surface area contributed by atoms with Crippen LogP contribution in [0.5, 0.6) is 5.75 Å². The molecule has 0 fully saturated rings. The lowest BCUT2D eigenvalue weighted by Gasteiger charge is -2.02. The molecule has 0 radical (unpaired) electrons. The Bertz CT molecular complexity index is 834. The number of carboxylic acids is 1. The lowest BCUT2D eigenvalue weighted by molar-refractivity contribution is 0.0696. The van der Waals surface area contributed by atoms with Crippen LogP contribution in [0.25, 0.3) is 6.08 Å². The SMILES string of the molecule is O=C(O)c1ccc(C(=O)C=Cc2ccc(OC(F)=C(F)F)cc2)cc1. The minimum Gasteiger partial charge on any atom is -0.478 e. The van der Waals surface area contributed by atoms with Crippen molar-refractivity contribution in [3.8, 4) is 5.75 Å². The molecule has 2 rings (SSSR count). The molecule has 25 heavy (non-hydrogen) atoms. The summed E-state index contributed by atoms with van der Waals surface area (Å²) in [6.45, 7) is 0. The number of carbonyl (C=O) groups is 2. The van der Waals surface area contributed by atoms with Crippen molar-refractivity contribution in [2.75, 3.05) is 0 Å². The predicted molar refractivity (Wildman–Crippen MR) is 84.2 cm³/mol. The van der Waals surface area contributed by atoms with Crippen LogP contribution in [0.4, 0.5) is 13.2 Å². The fourth-order valence-electron chi connectivity index (χ4n) is 1.83. The fraction of sp³-hybridized carbons (Fsp3) is 0. The van der Waals surface area contributed by atoms with E-state index in [9.17, 15) is 22.8 Å². The van der Waals surface area contributed by atoms with Gasteiger partial charge in [0.1, 0.15) is 5.75 Å². The first-order valence-electron chi connectivity index (χ1n) is 6.91. The van der Waals surface area contributed by atoms with Gasteiger partial charge in [-0.15, -0.1) is 0 Å². The van der Waals surface area contributed by atoms with Gasteiger partial charge in [0, 0.05) is 5.56 Å². The van der Waals surface area contributed by atoms with E-state index in [0.29, 0.717) is 11.1 Å². The quantitative estimate of drug-likeness (QED) is 0.467. The van der Waals surface area contributed by atoms with E-state index in [-0.39, 0.29) is 17.1 Å². The molecule has 0 bridgehead atoms. The van der Waals surface area contributed by atoms with Gasteiger partial charge in [0.05, 0.1) is 5.56 Å². The van der Waals surface area contributed by atoms with Gasteiger partial charge >= 0.3 is 18.1 Å². The van der Waals surface area contributed by atoms with Crippen LogP contribution < -0.4 is 4.74 Å². The number of aromatic carboxylic acids is 1. The molecule has 1 N–H and O–H groups in total. The van der Waals surface area contributed by atoms with Crippen molar-refractivity contribution in [1.82, 2.24) is 0 Å².